The van der Waals surface area contributed by atoms with Crippen molar-refractivity contribution in [2.24, 2.45) is 22.7 Å². The van der Waals surface area contributed by atoms with Gasteiger partial charge in [-0.05, 0) is 41.9 Å². The molecule has 20 heavy (non-hydrogen) atoms. The molecule has 1 saturated heterocycles. The molecular weight excluding hydrogens is 248 g/mol. The Morgan fingerprint density at radius 2 is 2.10 bits per heavy atom. The average molecular weight is 278 g/mol. The van der Waals surface area contributed by atoms with Gasteiger partial charge in [0.25, 0.3) is 0 Å². The Balaban J connectivity index is 1.85. The standard InChI is InChI=1S/C17H30N2O/c1-6-11(2)13-14(20)19(10-18-13)15-16(3,4)12-7-8-17(15,5)9-12/h11-13,15,18H,6-10H2,1-5H3. The second kappa shape index (κ2) is 4.46. The summed E-state index contributed by atoms with van der Waals surface area (Å²) in [6, 6.07) is 0.460. The maximum Gasteiger partial charge on any atom is 0.241 e. The molecule has 0 spiro atoms. The van der Waals surface area contributed by atoms with Gasteiger partial charge in [-0.15, -0.1) is 0 Å². The van der Waals surface area contributed by atoms with Crippen LogP contribution in [0.4, 0.5) is 0 Å². The Morgan fingerprint density at radius 1 is 1.40 bits per heavy atom. The molecule has 0 aromatic rings. The predicted molar refractivity (Wildman–Crippen MR) is 81.1 cm³/mol. The van der Waals surface area contributed by atoms with E-state index in [1.807, 2.05) is 0 Å². The molecule has 2 bridgehead atoms. The first-order chi connectivity index (χ1) is 9.31. The number of rotatable bonds is 3. The van der Waals surface area contributed by atoms with Crippen LogP contribution in [0.15, 0.2) is 0 Å². The number of carbonyl (C=O) groups is 1. The topological polar surface area (TPSA) is 32.3 Å². The van der Waals surface area contributed by atoms with Crippen LogP contribution in [-0.2, 0) is 4.79 Å². The van der Waals surface area contributed by atoms with Gasteiger partial charge in [0, 0.05) is 6.04 Å². The first kappa shape index (κ1) is 14.4. The van der Waals surface area contributed by atoms with Crippen molar-refractivity contribution in [3.8, 4) is 0 Å². The van der Waals surface area contributed by atoms with Crippen molar-refractivity contribution in [3.05, 3.63) is 0 Å². The molecule has 5 unspecified atom stereocenters. The van der Waals surface area contributed by atoms with Crippen molar-refractivity contribution in [3.63, 3.8) is 0 Å². The van der Waals surface area contributed by atoms with Gasteiger partial charge in [-0.2, -0.15) is 0 Å². The van der Waals surface area contributed by atoms with Crippen LogP contribution in [0.5, 0.6) is 0 Å². The maximum atomic E-state index is 12.9. The van der Waals surface area contributed by atoms with Gasteiger partial charge >= 0.3 is 0 Å². The van der Waals surface area contributed by atoms with Crippen LogP contribution in [0.2, 0.25) is 0 Å². The van der Waals surface area contributed by atoms with Crippen molar-refractivity contribution in [1.29, 1.82) is 0 Å². The van der Waals surface area contributed by atoms with Crippen molar-refractivity contribution in [2.75, 3.05) is 6.67 Å². The highest BCUT2D eigenvalue weighted by Crippen LogP contribution is 2.64. The third-order valence-electron chi connectivity index (χ3n) is 6.75. The SMILES string of the molecule is CCC(C)C1NCN(C2C3(C)CCC(C3)C2(C)C)C1=O. The van der Waals surface area contributed by atoms with E-state index in [0.717, 1.165) is 19.0 Å². The normalized spacial score (nSPS) is 44.4. The van der Waals surface area contributed by atoms with Gasteiger partial charge in [0.05, 0.1) is 12.7 Å². The molecule has 0 radical (unpaired) electrons. The molecule has 2 aliphatic carbocycles. The summed E-state index contributed by atoms with van der Waals surface area (Å²) >= 11 is 0. The highest BCUT2D eigenvalue weighted by atomic mass is 16.2. The number of amides is 1. The number of nitrogens with zero attached hydrogens (tertiary/aromatic N) is 1. The van der Waals surface area contributed by atoms with E-state index < -0.39 is 0 Å². The fourth-order valence-electron chi connectivity index (χ4n) is 5.49. The molecular formula is C17H30N2O. The minimum Gasteiger partial charge on any atom is -0.324 e. The first-order valence-corrected chi connectivity index (χ1v) is 8.35. The molecule has 3 nitrogen and oxygen atoms in total. The summed E-state index contributed by atoms with van der Waals surface area (Å²) in [6.45, 7) is 12.3. The highest BCUT2D eigenvalue weighted by Gasteiger charge is 2.62. The molecule has 0 aromatic heterocycles. The molecule has 1 aliphatic heterocycles. The second-order valence-electron chi connectivity index (χ2n) is 8.35. The summed E-state index contributed by atoms with van der Waals surface area (Å²) in [5.74, 6) is 1.58. The van der Waals surface area contributed by atoms with Gasteiger partial charge in [-0.25, -0.2) is 0 Å². The molecule has 1 amide bonds. The van der Waals surface area contributed by atoms with Gasteiger partial charge < -0.3 is 4.90 Å². The Kier molecular flexibility index (Phi) is 3.20. The van der Waals surface area contributed by atoms with Crippen molar-refractivity contribution < 1.29 is 4.79 Å². The number of hydrogen-bond acceptors (Lipinski definition) is 2. The Hall–Kier alpha value is -0.570. The van der Waals surface area contributed by atoms with Gasteiger partial charge in [0.2, 0.25) is 5.91 Å². The Morgan fingerprint density at radius 3 is 2.65 bits per heavy atom. The van der Waals surface area contributed by atoms with Crippen LogP contribution in [0.1, 0.15) is 60.3 Å². The zero-order chi connectivity index (χ0) is 14.7. The summed E-state index contributed by atoms with van der Waals surface area (Å²) in [6.07, 6.45) is 5.02. The van der Waals surface area contributed by atoms with E-state index in [9.17, 15) is 4.79 Å². The average Bonchev–Trinajstić information content (AvgIpc) is 2.99. The van der Waals surface area contributed by atoms with Crippen molar-refractivity contribution >= 4 is 5.91 Å². The smallest absolute Gasteiger partial charge is 0.241 e. The quantitative estimate of drug-likeness (QED) is 0.860. The number of carbonyl (C=O) groups excluding carboxylic acids is 1. The summed E-state index contributed by atoms with van der Waals surface area (Å²) in [4.78, 5) is 15.1. The molecule has 1 heterocycles. The van der Waals surface area contributed by atoms with E-state index in [2.05, 4.69) is 44.8 Å². The molecule has 114 valence electrons. The van der Waals surface area contributed by atoms with Gasteiger partial charge in [0.15, 0.2) is 0 Å². The van der Waals surface area contributed by atoms with E-state index in [1.54, 1.807) is 0 Å². The van der Waals surface area contributed by atoms with Gasteiger partial charge in [-0.3, -0.25) is 10.1 Å². The zero-order valence-electron chi connectivity index (χ0n) is 13.7. The van der Waals surface area contributed by atoms with Crippen LogP contribution in [0.25, 0.3) is 0 Å². The molecule has 2 saturated carbocycles. The van der Waals surface area contributed by atoms with Crippen molar-refractivity contribution in [2.45, 2.75) is 72.4 Å². The molecule has 0 aromatic carbocycles. The Labute approximate surface area is 123 Å². The van der Waals surface area contributed by atoms with E-state index in [0.29, 0.717) is 23.3 Å². The molecule has 3 rings (SSSR count). The van der Waals surface area contributed by atoms with Crippen LogP contribution < -0.4 is 5.32 Å². The fourth-order valence-corrected chi connectivity index (χ4v) is 5.49. The number of fused-ring (bicyclic) bond motifs is 2. The number of nitrogens with one attached hydrogen (secondary N) is 1. The van der Waals surface area contributed by atoms with Crippen LogP contribution in [0.3, 0.4) is 0 Å². The highest BCUT2D eigenvalue weighted by molar-refractivity contribution is 5.84. The fraction of sp³-hybridized carbons (Fsp3) is 0.941. The summed E-state index contributed by atoms with van der Waals surface area (Å²) < 4.78 is 0. The van der Waals surface area contributed by atoms with E-state index >= 15 is 0 Å². The molecule has 1 N–H and O–H groups in total. The minimum atomic E-state index is 0.0403. The predicted octanol–water partition coefficient (Wildman–Crippen LogP) is 3.01. The largest absolute Gasteiger partial charge is 0.324 e. The lowest BCUT2D eigenvalue weighted by molar-refractivity contribution is -0.137. The van der Waals surface area contributed by atoms with E-state index in [-0.39, 0.29) is 11.5 Å². The first-order valence-electron chi connectivity index (χ1n) is 8.35. The molecule has 5 atom stereocenters. The third-order valence-corrected chi connectivity index (χ3v) is 6.75. The second-order valence-corrected chi connectivity index (χ2v) is 8.35. The van der Waals surface area contributed by atoms with Gasteiger partial charge in [0.1, 0.15) is 0 Å². The maximum absolute atomic E-state index is 12.9. The molecule has 3 heteroatoms. The molecule has 3 aliphatic rings. The van der Waals surface area contributed by atoms with Gasteiger partial charge in [-0.1, -0.05) is 41.0 Å². The monoisotopic (exact) mass is 278 g/mol. The van der Waals surface area contributed by atoms with Crippen molar-refractivity contribution in [1.82, 2.24) is 10.2 Å². The lowest BCUT2D eigenvalue weighted by Gasteiger charge is -2.47. The van der Waals surface area contributed by atoms with Crippen LogP contribution in [0, 0.1) is 22.7 Å². The van der Waals surface area contributed by atoms with Crippen LogP contribution in [-0.4, -0.2) is 29.6 Å². The lowest BCUT2D eigenvalue weighted by atomic mass is 9.67. The van der Waals surface area contributed by atoms with E-state index in [1.165, 1.54) is 19.3 Å². The minimum absolute atomic E-state index is 0.0403. The van der Waals surface area contributed by atoms with E-state index in [4.69, 9.17) is 0 Å². The summed E-state index contributed by atoms with van der Waals surface area (Å²) in [5, 5.41) is 3.47. The number of hydrogen-bond donors (Lipinski definition) is 1. The molecule has 3 fully saturated rings. The third kappa shape index (κ3) is 1.78. The summed E-state index contributed by atoms with van der Waals surface area (Å²) in [5.41, 5.74) is 0.616. The zero-order valence-corrected chi connectivity index (χ0v) is 13.7. The summed E-state index contributed by atoms with van der Waals surface area (Å²) in [7, 11) is 0. The lowest BCUT2D eigenvalue weighted by Crippen LogP contribution is -2.54. The van der Waals surface area contributed by atoms with Crippen LogP contribution >= 0.6 is 0 Å². The Bertz CT molecular complexity index is 414.